The van der Waals surface area contributed by atoms with E-state index in [-0.39, 0.29) is 23.8 Å². The Morgan fingerprint density at radius 2 is 2.20 bits per heavy atom. The summed E-state index contributed by atoms with van der Waals surface area (Å²) < 4.78 is 0. The molecule has 0 saturated carbocycles. The van der Waals surface area contributed by atoms with Gasteiger partial charge in [0.1, 0.15) is 5.76 Å². The van der Waals surface area contributed by atoms with E-state index in [1.807, 2.05) is 25.3 Å². The second-order valence-electron chi connectivity index (χ2n) is 5.76. The van der Waals surface area contributed by atoms with Gasteiger partial charge in [-0.1, -0.05) is 26.3 Å². The molecule has 3 rings (SSSR count). The highest BCUT2D eigenvalue weighted by Crippen LogP contribution is 2.36. The molecule has 3 aliphatic rings. The molecule has 0 saturated heterocycles. The van der Waals surface area contributed by atoms with Gasteiger partial charge in [-0.3, -0.25) is 4.79 Å². The van der Waals surface area contributed by atoms with Crippen molar-refractivity contribution in [1.82, 2.24) is 10.2 Å². The van der Waals surface area contributed by atoms with Gasteiger partial charge in [0.05, 0.1) is 17.7 Å². The van der Waals surface area contributed by atoms with E-state index in [2.05, 4.69) is 24.1 Å². The fourth-order valence-corrected chi connectivity index (χ4v) is 3.15. The highest BCUT2D eigenvalue weighted by molar-refractivity contribution is 6.01. The van der Waals surface area contributed by atoms with Crippen LogP contribution in [0.4, 0.5) is 0 Å². The van der Waals surface area contributed by atoms with Gasteiger partial charge in [0, 0.05) is 12.7 Å². The summed E-state index contributed by atoms with van der Waals surface area (Å²) in [7, 11) is 1.99. The Morgan fingerprint density at radius 1 is 1.45 bits per heavy atom. The van der Waals surface area contributed by atoms with Gasteiger partial charge in [0.2, 0.25) is 0 Å². The van der Waals surface area contributed by atoms with Gasteiger partial charge in [-0.25, -0.2) is 0 Å². The van der Waals surface area contributed by atoms with Gasteiger partial charge in [0.25, 0.3) is 5.91 Å². The molecule has 0 aromatic heterocycles. The number of hydrogen-bond donors (Lipinski definition) is 2. The van der Waals surface area contributed by atoms with Crippen molar-refractivity contribution in [3.05, 3.63) is 46.9 Å². The minimum atomic E-state index is 0.00951. The molecule has 1 amide bonds. The number of hydrogen-bond acceptors (Lipinski definition) is 3. The first-order chi connectivity index (χ1) is 9.52. The molecule has 106 valence electrons. The summed E-state index contributed by atoms with van der Waals surface area (Å²) >= 11 is 0. The quantitative estimate of drug-likeness (QED) is 0.809. The summed E-state index contributed by atoms with van der Waals surface area (Å²) in [6.07, 6.45) is 8.34. The largest absolute Gasteiger partial charge is 0.508 e. The van der Waals surface area contributed by atoms with Crippen LogP contribution in [-0.2, 0) is 4.79 Å². The van der Waals surface area contributed by atoms with E-state index in [0.29, 0.717) is 5.92 Å². The average molecular weight is 272 g/mol. The third kappa shape index (κ3) is 1.79. The summed E-state index contributed by atoms with van der Waals surface area (Å²) in [5, 5.41) is 12.8. The lowest BCUT2D eigenvalue weighted by molar-refractivity contribution is -0.117. The Labute approximate surface area is 119 Å². The molecule has 0 aromatic carbocycles. The SMILES string of the molecule is CC[C@@H](C)[C@H]1NC(=O)C2=C1N(C)C1C=C(O)C=CC1=C2. The first kappa shape index (κ1) is 13.0. The van der Waals surface area contributed by atoms with Crippen molar-refractivity contribution in [2.45, 2.75) is 32.4 Å². The van der Waals surface area contributed by atoms with Crippen LogP contribution >= 0.6 is 0 Å². The van der Waals surface area contributed by atoms with Crippen molar-refractivity contribution in [3.8, 4) is 0 Å². The van der Waals surface area contributed by atoms with Crippen LogP contribution < -0.4 is 5.32 Å². The Hall–Kier alpha value is -1.97. The molecule has 2 heterocycles. The zero-order chi connectivity index (χ0) is 14.4. The minimum absolute atomic E-state index is 0.00951. The number of fused-ring (bicyclic) bond motifs is 1. The number of aliphatic hydroxyl groups is 1. The first-order valence-electron chi connectivity index (χ1n) is 7.11. The number of amides is 1. The van der Waals surface area contributed by atoms with Crippen LogP contribution in [-0.4, -0.2) is 35.0 Å². The lowest BCUT2D eigenvalue weighted by Gasteiger charge is -2.37. The van der Waals surface area contributed by atoms with Crippen LogP contribution in [0, 0.1) is 5.92 Å². The molecule has 0 fully saturated rings. The number of carbonyl (C=O) groups is 1. The minimum Gasteiger partial charge on any atom is -0.508 e. The van der Waals surface area contributed by atoms with Crippen LogP contribution in [0.1, 0.15) is 20.3 Å². The van der Waals surface area contributed by atoms with Gasteiger partial charge in [0.15, 0.2) is 0 Å². The maximum atomic E-state index is 12.2. The molecular formula is C16H20N2O2. The zero-order valence-corrected chi connectivity index (χ0v) is 12.1. The molecule has 0 bridgehead atoms. The Balaban J connectivity index is 2.05. The number of nitrogens with one attached hydrogen (secondary N) is 1. The van der Waals surface area contributed by atoms with Crippen LogP contribution in [0.15, 0.2) is 46.9 Å². The summed E-state index contributed by atoms with van der Waals surface area (Å²) in [4.78, 5) is 14.3. The Morgan fingerprint density at radius 3 is 2.90 bits per heavy atom. The van der Waals surface area contributed by atoms with E-state index in [4.69, 9.17) is 0 Å². The van der Waals surface area contributed by atoms with Gasteiger partial charge in [-0.2, -0.15) is 0 Å². The van der Waals surface area contributed by atoms with Gasteiger partial charge < -0.3 is 15.3 Å². The van der Waals surface area contributed by atoms with Crippen molar-refractivity contribution in [2.24, 2.45) is 5.92 Å². The second kappa shape index (κ2) is 4.54. The number of rotatable bonds is 2. The molecule has 1 aliphatic carbocycles. The predicted octanol–water partition coefficient (Wildman–Crippen LogP) is 2.04. The Bertz CT molecular complexity index is 583. The van der Waals surface area contributed by atoms with E-state index in [0.717, 1.165) is 23.3 Å². The fraction of sp³-hybridized carbons (Fsp3) is 0.438. The standard InChI is InChI=1S/C16H20N2O2/c1-4-9(2)14-15-12(16(20)17-14)7-10-5-6-11(19)8-13(10)18(15)3/h5-9,13-14,19H,4H2,1-3H3,(H,17,20)/t9-,13?,14-/m1/s1. The van der Waals surface area contributed by atoms with E-state index < -0.39 is 0 Å². The van der Waals surface area contributed by atoms with Crippen LogP contribution in [0.25, 0.3) is 0 Å². The molecule has 3 atom stereocenters. The number of allylic oxidation sites excluding steroid dienone is 1. The molecule has 1 unspecified atom stereocenters. The monoisotopic (exact) mass is 272 g/mol. The number of nitrogens with zero attached hydrogens (tertiary/aromatic N) is 1. The molecular weight excluding hydrogens is 252 g/mol. The van der Waals surface area contributed by atoms with Crippen molar-refractivity contribution in [3.63, 3.8) is 0 Å². The van der Waals surface area contributed by atoms with E-state index in [1.54, 1.807) is 6.08 Å². The van der Waals surface area contributed by atoms with Gasteiger partial charge >= 0.3 is 0 Å². The molecule has 0 aromatic rings. The topological polar surface area (TPSA) is 52.6 Å². The number of likely N-dealkylation sites (N-methyl/N-ethyl adjacent to an activating group) is 1. The second-order valence-corrected chi connectivity index (χ2v) is 5.76. The summed E-state index contributed by atoms with van der Waals surface area (Å²) in [6, 6.07) is 0.0738. The van der Waals surface area contributed by atoms with Crippen LogP contribution in [0.5, 0.6) is 0 Å². The lowest BCUT2D eigenvalue weighted by atomic mass is 9.88. The van der Waals surface area contributed by atoms with Crippen LogP contribution in [0.3, 0.4) is 0 Å². The molecule has 20 heavy (non-hydrogen) atoms. The average Bonchev–Trinajstić information content (AvgIpc) is 2.77. The van der Waals surface area contributed by atoms with Crippen molar-refractivity contribution < 1.29 is 9.90 Å². The van der Waals surface area contributed by atoms with Crippen molar-refractivity contribution in [2.75, 3.05) is 7.05 Å². The van der Waals surface area contributed by atoms with E-state index in [1.165, 1.54) is 0 Å². The summed E-state index contributed by atoms with van der Waals surface area (Å²) in [5.74, 6) is 0.677. The van der Waals surface area contributed by atoms with Gasteiger partial charge in [-0.05, 0) is 29.7 Å². The molecule has 2 N–H and O–H groups in total. The molecule has 0 spiro atoms. The maximum absolute atomic E-state index is 12.2. The number of carbonyl (C=O) groups excluding carboxylic acids is 1. The normalized spacial score (nSPS) is 29.6. The molecule has 2 aliphatic heterocycles. The van der Waals surface area contributed by atoms with Crippen molar-refractivity contribution >= 4 is 5.91 Å². The zero-order valence-electron chi connectivity index (χ0n) is 12.1. The Kier molecular flexibility index (Phi) is 2.96. The molecule has 4 nitrogen and oxygen atoms in total. The van der Waals surface area contributed by atoms with Gasteiger partial charge in [-0.15, -0.1) is 0 Å². The third-order valence-corrected chi connectivity index (χ3v) is 4.54. The molecule has 0 radical (unpaired) electrons. The smallest absolute Gasteiger partial charge is 0.253 e. The first-order valence-corrected chi connectivity index (χ1v) is 7.11. The maximum Gasteiger partial charge on any atom is 0.253 e. The summed E-state index contributed by atoms with van der Waals surface area (Å²) in [6.45, 7) is 4.29. The summed E-state index contributed by atoms with van der Waals surface area (Å²) in [5.41, 5.74) is 2.87. The predicted molar refractivity (Wildman–Crippen MR) is 77.9 cm³/mol. The number of aliphatic hydroxyl groups excluding tert-OH is 1. The lowest BCUT2D eigenvalue weighted by Crippen LogP contribution is -2.42. The van der Waals surface area contributed by atoms with E-state index >= 15 is 0 Å². The van der Waals surface area contributed by atoms with Crippen LogP contribution in [0.2, 0.25) is 0 Å². The fourth-order valence-electron chi connectivity index (χ4n) is 3.15. The van der Waals surface area contributed by atoms with Crippen molar-refractivity contribution in [1.29, 1.82) is 0 Å². The molecule has 4 heteroatoms. The third-order valence-electron chi connectivity index (χ3n) is 4.54. The highest BCUT2D eigenvalue weighted by Gasteiger charge is 2.40. The van der Waals surface area contributed by atoms with E-state index in [9.17, 15) is 9.90 Å². The highest BCUT2D eigenvalue weighted by atomic mass is 16.3.